The molecule has 0 spiro atoms. The van der Waals surface area contributed by atoms with Gasteiger partial charge in [-0.25, -0.2) is 4.39 Å². The monoisotopic (exact) mass is 434 g/mol. The Hall–Kier alpha value is -3.44. The number of hydrogen-bond donors (Lipinski definition) is 0. The highest BCUT2D eigenvalue weighted by Gasteiger charge is 2.21. The molecular formula is C25H20ClFN2O2. The summed E-state index contributed by atoms with van der Waals surface area (Å²) in [4.78, 5) is 0. The fraction of sp³-hybridized carbons (Fsp3) is 0.120. The first kappa shape index (κ1) is 20.8. The number of rotatable bonds is 6. The van der Waals surface area contributed by atoms with Crippen LogP contribution in [0.5, 0.6) is 11.5 Å². The van der Waals surface area contributed by atoms with Gasteiger partial charge in [-0.3, -0.25) is 0 Å². The summed E-state index contributed by atoms with van der Waals surface area (Å²) in [6.45, 7) is 0. The molecule has 0 fully saturated rings. The Kier molecular flexibility index (Phi) is 6.14. The minimum absolute atomic E-state index is 0.156. The molecule has 1 aromatic heterocycles. The van der Waals surface area contributed by atoms with E-state index in [9.17, 15) is 4.39 Å². The molecule has 0 amide bonds. The van der Waals surface area contributed by atoms with E-state index in [0.717, 1.165) is 27.8 Å². The SMILES string of the molecule is COc1cc(OC)cc(-c2c(-c3ccccc3)nnc(CCl)c2-c2ccc(F)cc2)c1. The number of aromatic nitrogens is 2. The van der Waals surface area contributed by atoms with Gasteiger partial charge in [0.15, 0.2) is 0 Å². The van der Waals surface area contributed by atoms with E-state index in [1.807, 2.05) is 42.5 Å². The van der Waals surface area contributed by atoms with Crippen LogP contribution in [-0.2, 0) is 5.88 Å². The van der Waals surface area contributed by atoms with Crippen molar-refractivity contribution in [3.05, 3.63) is 84.3 Å². The van der Waals surface area contributed by atoms with E-state index in [2.05, 4.69) is 10.2 Å². The Labute approximate surface area is 185 Å². The van der Waals surface area contributed by atoms with Crippen molar-refractivity contribution in [2.75, 3.05) is 14.2 Å². The summed E-state index contributed by atoms with van der Waals surface area (Å²) in [5.74, 6) is 1.12. The maximum atomic E-state index is 13.7. The van der Waals surface area contributed by atoms with Crippen molar-refractivity contribution in [2.45, 2.75) is 5.88 Å². The fourth-order valence-corrected chi connectivity index (χ4v) is 3.71. The Morgan fingerprint density at radius 2 is 1.39 bits per heavy atom. The minimum Gasteiger partial charge on any atom is -0.497 e. The molecule has 1 heterocycles. The van der Waals surface area contributed by atoms with Crippen LogP contribution in [0.1, 0.15) is 5.69 Å². The molecule has 0 atom stereocenters. The van der Waals surface area contributed by atoms with Crippen molar-refractivity contribution in [2.24, 2.45) is 0 Å². The molecule has 0 radical (unpaired) electrons. The first-order chi connectivity index (χ1) is 15.1. The number of methoxy groups -OCH3 is 2. The second-order valence-electron chi connectivity index (χ2n) is 6.85. The van der Waals surface area contributed by atoms with Gasteiger partial charge < -0.3 is 9.47 Å². The van der Waals surface area contributed by atoms with E-state index in [1.54, 1.807) is 32.4 Å². The minimum atomic E-state index is -0.314. The Bertz CT molecular complexity index is 1180. The summed E-state index contributed by atoms with van der Waals surface area (Å²) in [7, 11) is 3.21. The van der Waals surface area contributed by atoms with Crippen molar-refractivity contribution < 1.29 is 13.9 Å². The largest absolute Gasteiger partial charge is 0.497 e. The third kappa shape index (κ3) is 4.23. The summed E-state index contributed by atoms with van der Waals surface area (Å²) in [5, 5.41) is 8.93. The van der Waals surface area contributed by atoms with Crippen molar-refractivity contribution in [1.82, 2.24) is 10.2 Å². The van der Waals surface area contributed by atoms with Crippen molar-refractivity contribution in [3.63, 3.8) is 0 Å². The summed E-state index contributed by atoms with van der Waals surface area (Å²) in [6, 6.07) is 21.7. The van der Waals surface area contributed by atoms with Gasteiger partial charge in [0.05, 0.1) is 25.8 Å². The molecule has 4 rings (SSSR count). The van der Waals surface area contributed by atoms with Crippen molar-refractivity contribution in [1.29, 1.82) is 0 Å². The molecular weight excluding hydrogens is 415 g/mol. The van der Waals surface area contributed by atoms with Crippen LogP contribution in [0.4, 0.5) is 4.39 Å². The van der Waals surface area contributed by atoms with E-state index in [1.165, 1.54) is 12.1 Å². The number of hydrogen-bond acceptors (Lipinski definition) is 4. The van der Waals surface area contributed by atoms with Gasteiger partial charge in [0.1, 0.15) is 23.0 Å². The van der Waals surface area contributed by atoms with Gasteiger partial charge in [-0.15, -0.1) is 16.7 Å². The molecule has 31 heavy (non-hydrogen) atoms. The standard InChI is InChI=1S/C25H20ClFN2O2/c1-30-20-12-18(13-21(14-20)31-2)24-23(16-8-10-19(27)11-9-16)22(15-26)28-29-25(24)17-6-4-3-5-7-17/h3-14H,15H2,1-2H3. The van der Waals surface area contributed by atoms with Gasteiger partial charge in [0.25, 0.3) is 0 Å². The second-order valence-corrected chi connectivity index (χ2v) is 7.12. The maximum absolute atomic E-state index is 13.7. The van der Waals surface area contributed by atoms with Crippen LogP contribution in [0, 0.1) is 5.82 Å². The number of nitrogens with zero attached hydrogens (tertiary/aromatic N) is 2. The highest BCUT2D eigenvalue weighted by atomic mass is 35.5. The zero-order chi connectivity index (χ0) is 21.8. The predicted molar refractivity (Wildman–Crippen MR) is 121 cm³/mol. The molecule has 4 nitrogen and oxygen atoms in total. The van der Waals surface area contributed by atoms with Crippen molar-refractivity contribution in [3.8, 4) is 45.0 Å². The fourth-order valence-electron chi connectivity index (χ4n) is 3.53. The lowest BCUT2D eigenvalue weighted by Crippen LogP contribution is -2.02. The van der Waals surface area contributed by atoms with Crippen molar-refractivity contribution >= 4 is 11.6 Å². The van der Waals surface area contributed by atoms with E-state index in [4.69, 9.17) is 21.1 Å². The quantitative estimate of drug-likeness (QED) is 0.330. The first-order valence-corrected chi connectivity index (χ1v) is 10.2. The van der Waals surface area contributed by atoms with E-state index in [0.29, 0.717) is 22.9 Å². The smallest absolute Gasteiger partial charge is 0.123 e. The zero-order valence-corrected chi connectivity index (χ0v) is 17.9. The lowest BCUT2D eigenvalue weighted by atomic mass is 9.90. The van der Waals surface area contributed by atoms with E-state index >= 15 is 0 Å². The summed E-state index contributed by atoms with van der Waals surface area (Å²) in [6.07, 6.45) is 0. The molecule has 4 aromatic rings. The summed E-state index contributed by atoms with van der Waals surface area (Å²) < 4.78 is 24.6. The molecule has 0 bridgehead atoms. The lowest BCUT2D eigenvalue weighted by Gasteiger charge is -2.18. The molecule has 0 unspecified atom stereocenters. The molecule has 6 heteroatoms. The van der Waals surface area contributed by atoms with E-state index in [-0.39, 0.29) is 11.7 Å². The molecule has 156 valence electrons. The van der Waals surface area contributed by atoms with E-state index < -0.39 is 0 Å². The molecule has 0 aliphatic heterocycles. The van der Waals surface area contributed by atoms with Crippen LogP contribution in [0.25, 0.3) is 33.5 Å². The van der Waals surface area contributed by atoms with Gasteiger partial charge in [0, 0.05) is 22.8 Å². The highest BCUT2D eigenvalue weighted by Crippen LogP contribution is 2.42. The van der Waals surface area contributed by atoms with Gasteiger partial charge in [-0.05, 0) is 35.4 Å². The topological polar surface area (TPSA) is 44.2 Å². The average Bonchev–Trinajstić information content (AvgIpc) is 2.83. The molecule has 0 saturated carbocycles. The molecule has 3 aromatic carbocycles. The first-order valence-electron chi connectivity index (χ1n) is 9.65. The van der Waals surface area contributed by atoms with Crippen LogP contribution in [0.15, 0.2) is 72.8 Å². The normalized spacial score (nSPS) is 10.7. The Morgan fingerprint density at radius 1 is 0.742 bits per heavy atom. The van der Waals surface area contributed by atoms with Gasteiger partial charge in [0.2, 0.25) is 0 Å². The van der Waals surface area contributed by atoms with Crippen LogP contribution in [0.2, 0.25) is 0 Å². The van der Waals surface area contributed by atoms with Crippen LogP contribution < -0.4 is 9.47 Å². The lowest BCUT2D eigenvalue weighted by molar-refractivity contribution is 0.394. The van der Waals surface area contributed by atoms with Gasteiger partial charge >= 0.3 is 0 Å². The number of halogens is 2. The number of ether oxygens (including phenoxy) is 2. The van der Waals surface area contributed by atoms with Crippen LogP contribution in [-0.4, -0.2) is 24.4 Å². The Morgan fingerprint density at radius 3 is 1.97 bits per heavy atom. The average molecular weight is 435 g/mol. The molecule has 0 aliphatic carbocycles. The maximum Gasteiger partial charge on any atom is 0.123 e. The van der Waals surface area contributed by atoms with Crippen LogP contribution in [0.3, 0.4) is 0 Å². The second kappa shape index (κ2) is 9.14. The van der Waals surface area contributed by atoms with Crippen LogP contribution >= 0.6 is 11.6 Å². The summed E-state index contributed by atoms with van der Waals surface area (Å²) in [5.41, 5.74) is 5.42. The third-order valence-corrected chi connectivity index (χ3v) is 5.25. The third-order valence-electron chi connectivity index (χ3n) is 4.99. The molecule has 0 aliphatic rings. The number of benzene rings is 3. The predicted octanol–water partition coefficient (Wildman–Crippen LogP) is 6.37. The number of alkyl halides is 1. The van der Waals surface area contributed by atoms with Gasteiger partial charge in [-0.2, -0.15) is 5.10 Å². The molecule has 0 saturated heterocycles. The summed E-state index contributed by atoms with van der Waals surface area (Å²) >= 11 is 6.26. The molecule has 0 N–H and O–H groups in total. The van der Waals surface area contributed by atoms with Gasteiger partial charge in [-0.1, -0.05) is 42.5 Å². The highest BCUT2D eigenvalue weighted by molar-refractivity contribution is 6.17. The Balaban J connectivity index is 2.10. The zero-order valence-electron chi connectivity index (χ0n) is 17.1.